The molecular formula is C16H21Cl2NO. The van der Waals surface area contributed by atoms with Gasteiger partial charge in [-0.2, -0.15) is 0 Å². The fourth-order valence-electron chi connectivity index (χ4n) is 3.10. The lowest BCUT2D eigenvalue weighted by Gasteiger charge is -2.39. The van der Waals surface area contributed by atoms with E-state index in [9.17, 15) is 4.79 Å². The minimum atomic E-state index is -0.227. The Labute approximate surface area is 130 Å². The van der Waals surface area contributed by atoms with E-state index in [1.54, 1.807) is 0 Å². The van der Waals surface area contributed by atoms with Crippen molar-refractivity contribution in [2.75, 3.05) is 5.88 Å². The second-order valence-electron chi connectivity index (χ2n) is 5.97. The maximum atomic E-state index is 12.2. The summed E-state index contributed by atoms with van der Waals surface area (Å²) in [4.78, 5) is 12.2. The third-order valence-corrected chi connectivity index (χ3v) is 4.75. The van der Waals surface area contributed by atoms with E-state index >= 15 is 0 Å². The molecule has 0 heterocycles. The van der Waals surface area contributed by atoms with Crippen LogP contribution in [0.5, 0.6) is 0 Å². The minimum absolute atomic E-state index is 0.0296. The van der Waals surface area contributed by atoms with E-state index < -0.39 is 0 Å². The number of rotatable bonds is 4. The van der Waals surface area contributed by atoms with E-state index in [0.717, 1.165) is 24.8 Å². The van der Waals surface area contributed by atoms with Gasteiger partial charge in [-0.05, 0) is 36.5 Å². The highest BCUT2D eigenvalue weighted by atomic mass is 35.5. The van der Waals surface area contributed by atoms with Crippen molar-refractivity contribution in [2.45, 2.75) is 44.6 Å². The van der Waals surface area contributed by atoms with Gasteiger partial charge >= 0.3 is 0 Å². The van der Waals surface area contributed by atoms with Gasteiger partial charge in [0, 0.05) is 10.9 Å². The van der Waals surface area contributed by atoms with E-state index in [0.29, 0.717) is 23.2 Å². The number of benzene rings is 1. The number of carbonyl (C=O) groups is 1. The molecule has 20 heavy (non-hydrogen) atoms. The van der Waals surface area contributed by atoms with Gasteiger partial charge in [-0.1, -0.05) is 43.5 Å². The van der Waals surface area contributed by atoms with E-state index in [4.69, 9.17) is 23.2 Å². The molecule has 1 aliphatic carbocycles. The van der Waals surface area contributed by atoms with Crippen molar-refractivity contribution < 1.29 is 4.79 Å². The number of halogens is 2. The molecule has 0 spiro atoms. The van der Waals surface area contributed by atoms with Crippen LogP contribution in [0.15, 0.2) is 24.3 Å². The van der Waals surface area contributed by atoms with Crippen LogP contribution in [0.1, 0.15) is 38.2 Å². The Morgan fingerprint density at radius 3 is 2.95 bits per heavy atom. The minimum Gasteiger partial charge on any atom is -0.349 e. The van der Waals surface area contributed by atoms with Gasteiger partial charge in [0.2, 0.25) is 5.91 Å². The van der Waals surface area contributed by atoms with Gasteiger partial charge in [-0.15, -0.1) is 11.6 Å². The zero-order chi connectivity index (χ0) is 14.6. The molecule has 1 saturated carbocycles. The maximum Gasteiger partial charge on any atom is 0.224 e. The number of amides is 1. The maximum absolute atomic E-state index is 12.2. The molecule has 0 saturated heterocycles. The van der Waals surface area contributed by atoms with Crippen molar-refractivity contribution in [1.29, 1.82) is 0 Å². The van der Waals surface area contributed by atoms with Gasteiger partial charge in [0.15, 0.2) is 0 Å². The van der Waals surface area contributed by atoms with Crippen LogP contribution in [0.2, 0.25) is 5.02 Å². The average molecular weight is 314 g/mol. The van der Waals surface area contributed by atoms with Crippen molar-refractivity contribution in [1.82, 2.24) is 5.32 Å². The Kier molecular flexibility index (Phi) is 5.34. The van der Waals surface area contributed by atoms with Crippen LogP contribution in [0.25, 0.3) is 0 Å². The van der Waals surface area contributed by atoms with Gasteiger partial charge in [0.05, 0.1) is 12.0 Å². The summed E-state index contributed by atoms with van der Waals surface area (Å²) in [5.41, 5.74) is 0.707. The summed E-state index contributed by atoms with van der Waals surface area (Å²) < 4.78 is 0. The first-order valence-corrected chi connectivity index (χ1v) is 8.06. The molecule has 1 aromatic carbocycles. The summed E-state index contributed by atoms with van der Waals surface area (Å²) in [6.45, 7) is 2.23. The highest BCUT2D eigenvalue weighted by Gasteiger charge is 2.35. The average Bonchev–Trinajstić information content (AvgIpc) is 2.38. The fraction of sp³-hybridized carbons (Fsp3) is 0.562. The first kappa shape index (κ1) is 15.7. The topological polar surface area (TPSA) is 29.1 Å². The Hall–Kier alpha value is -0.730. The molecule has 1 fully saturated rings. The summed E-state index contributed by atoms with van der Waals surface area (Å²) in [6.07, 6.45) is 4.65. The smallest absolute Gasteiger partial charge is 0.224 e. The SMILES string of the molecule is CC1CCCC(CCl)(NC(=O)Cc2cccc(Cl)c2)C1. The molecule has 0 radical (unpaired) electrons. The second kappa shape index (κ2) is 6.82. The van der Waals surface area contributed by atoms with Gasteiger partial charge in [-0.3, -0.25) is 4.79 Å². The van der Waals surface area contributed by atoms with Crippen LogP contribution in [0.3, 0.4) is 0 Å². The van der Waals surface area contributed by atoms with E-state index in [1.165, 1.54) is 6.42 Å². The molecule has 0 bridgehead atoms. The fourth-order valence-corrected chi connectivity index (χ4v) is 3.62. The molecule has 0 aliphatic heterocycles. The summed E-state index contributed by atoms with van der Waals surface area (Å²) in [5, 5.41) is 3.83. The standard InChI is InChI=1S/C16H21Cl2NO/c1-12-4-3-7-16(10-12,11-17)19-15(20)9-13-5-2-6-14(18)8-13/h2,5-6,8,12H,3-4,7,9-11H2,1H3,(H,19,20). The highest BCUT2D eigenvalue weighted by molar-refractivity contribution is 6.30. The first-order chi connectivity index (χ1) is 9.53. The molecule has 2 nitrogen and oxygen atoms in total. The van der Waals surface area contributed by atoms with Crippen molar-refractivity contribution >= 4 is 29.1 Å². The predicted molar refractivity (Wildman–Crippen MR) is 84.4 cm³/mol. The van der Waals surface area contributed by atoms with Crippen molar-refractivity contribution in [3.05, 3.63) is 34.9 Å². The first-order valence-electron chi connectivity index (χ1n) is 7.14. The van der Waals surface area contributed by atoms with Crippen LogP contribution in [0, 0.1) is 5.92 Å². The highest BCUT2D eigenvalue weighted by Crippen LogP contribution is 2.33. The van der Waals surface area contributed by atoms with E-state index in [2.05, 4.69) is 12.2 Å². The summed E-state index contributed by atoms with van der Waals surface area (Å²) in [7, 11) is 0. The van der Waals surface area contributed by atoms with E-state index in [1.807, 2.05) is 24.3 Å². The Morgan fingerprint density at radius 1 is 1.50 bits per heavy atom. The number of nitrogens with one attached hydrogen (secondary N) is 1. The van der Waals surface area contributed by atoms with Crippen LogP contribution < -0.4 is 5.32 Å². The van der Waals surface area contributed by atoms with Gasteiger partial charge < -0.3 is 5.32 Å². The zero-order valence-electron chi connectivity index (χ0n) is 11.8. The van der Waals surface area contributed by atoms with Crippen LogP contribution >= 0.6 is 23.2 Å². The summed E-state index contributed by atoms with van der Waals surface area (Å²) >= 11 is 12.1. The van der Waals surface area contributed by atoms with Crippen molar-refractivity contribution in [3.63, 3.8) is 0 Å². The zero-order valence-corrected chi connectivity index (χ0v) is 13.3. The van der Waals surface area contributed by atoms with Crippen LogP contribution in [-0.4, -0.2) is 17.3 Å². The molecular weight excluding hydrogens is 293 g/mol. The molecule has 1 amide bonds. The van der Waals surface area contributed by atoms with Crippen LogP contribution in [-0.2, 0) is 11.2 Å². The third kappa shape index (κ3) is 4.13. The Balaban J connectivity index is 1.99. The Morgan fingerprint density at radius 2 is 2.30 bits per heavy atom. The van der Waals surface area contributed by atoms with Crippen molar-refractivity contribution in [3.8, 4) is 0 Å². The normalized spacial score (nSPS) is 26.2. The number of hydrogen-bond donors (Lipinski definition) is 1. The van der Waals surface area contributed by atoms with E-state index in [-0.39, 0.29) is 11.4 Å². The molecule has 2 rings (SSSR count). The van der Waals surface area contributed by atoms with Crippen molar-refractivity contribution in [2.24, 2.45) is 5.92 Å². The number of carbonyl (C=O) groups excluding carboxylic acids is 1. The molecule has 4 heteroatoms. The molecule has 1 aliphatic rings. The third-order valence-electron chi connectivity index (χ3n) is 4.01. The molecule has 110 valence electrons. The van der Waals surface area contributed by atoms with Gasteiger partial charge in [0.1, 0.15) is 0 Å². The predicted octanol–water partition coefficient (Wildman–Crippen LogP) is 4.19. The molecule has 2 atom stereocenters. The van der Waals surface area contributed by atoms with Gasteiger partial charge in [0.25, 0.3) is 0 Å². The largest absolute Gasteiger partial charge is 0.349 e. The monoisotopic (exact) mass is 313 g/mol. The number of hydrogen-bond acceptors (Lipinski definition) is 1. The molecule has 1 N–H and O–H groups in total. The number of alkyl halides is 1. The summed E-state index contributed by atoms with van der Waals surface area (Å²) in [5.74, 6) is 1.13. The van der Waals surface area contributed by atoms with Crippen LogP contribution in [0.4, 0.5) is 0 Å². The molecule has 0 aromatic heterocycles. The molecule has 1 aromatic rings. The quantitative estimate of drug-likeness (QED) is 0.830. The summed E-state index contributed by atoms with van der Waals surface area (Å²) in [6, 6.07) is 7.43. The lowest BCUT2D eigenvalue weighted by molar-refractivity contribution is -0.122. The lowest BCUT2D eigenvalue weighted by Crippen LogP contribution is -2.53. The Bertz CT molecular complexity index is 477. The lowest BCUT2D eigenvalue weighted by atomic mass is 9.77. The molecule has 2 unspecified atom stereocenters. The second-order valence-corrected chi connectivity index (χ2v) is 6.67. The van der Waals surface area contributed by atoms with Gasteiger partial charge in [-0.25, -0.2) is 0 Å².